The molecule has 5 aromatic rings. The number of carbonyl (C=O) groups is 2. The summed E-state index contributed by atoms with van der Waals surface area (Å²) in [6, 6.07) is 20.4. The van der Waals surface area contributed by atoms with Crippen molar-refractivity contribution in [2.24, 2.45) is 0 Å². The summed E-state index contributed by atoms with van der Waals surface area (Å²) in [5.74, 6) is -2.55. The molecule has 0 aliphatic carbocycles. The minimum Gasteiger partial charge on any atom is -0.503 e. The minimum atomic E-state index is -1.28. The molecule has 1 atom stereocenters. The number of halogens is 2. The maximum atomic E-state index is 15.1. The number of anilines is 1. The van der Waals surface area contributed by atoms with Crippen LogP contribution in [-0.2, 0) is 10.5 Å². The van der Waals surface area contributed by atoms with Gasteiger partial charge in [-0.1, -0.05) is 83.2 Å². The molecular weight excluding hydrogens is 561 g/mol. The number of hydrogen-bond donors (Lipinski definition) is 1. The number of carbonyl (C=O) groups excluding carboxylic acids is 2. The number of thioether (sulfide) groups is 1. The van der Waals surface area contributed by atoms with Crippen LogP contribution in [-0.4, -0.2) is 27.0 Å². The Bertz CT molecular complexity index is 1730. The Morgan fingerprint density at radius 3 is 2.59 bits per heavy atom. The topological polar surface area (TPSA) is 96.5 Å². The lowest BCUT2D eigenvalue weighted by atomic mass is 9.95. The standard InChI is InChI=1S/C28H17ClFN3O4S2/c29-17-11-9-15(10-12-17)14-38-28-32-31-27(39-28)33-23(18-6-2-3-7-19(18)30)22(25(35)26(33)36)24(34)21-13-16-5-1-4-8-20(16)37-21/h1-13,23,35H,14H2. The molecule has 6 rings (SSSR count). The Kier molecular flexibility index (Phi) is 6.68. The van der Waals surface area contributed by atoms with Crippen LogP contribution in [0.2, 0.25) is 5.02 Å². The molecule has 3 heterocycles. The molecular formula is C28H17ClFN3O4S2. The fourth-order valence-corrected chi connectivity index (χ4v) is 6.29. The number of fused-ring (bicyclic) bond motifs is 1. The van der Waals surface area contributed by atoms with E-state index in [4.69, 9.17) is 16.0 Å². The van der Waals surface area contributed by atoms with Gasteiger partial charge in [0.1, 0.15) is 17.4 Å². The smallest absolute Gasteiger partial charge is 0.296 e. The molecule has 0 saturated carbocycles. The highest BCUT2D eigenvalue weighted by atomic mass is 35.5. The Morgan fingerprint density at radius 2 is 1.82 bits per heavy atom. The van der Waals surface area contributed by atoms with Crippen molar-refractivity contribution in [3.63, 3.8) is 0 Å². The van der Waals surface area contributed by atoms with E-state index in [0.29, 0.717) is 26.1 Å². The minimum absolute atomic E-state index is 0.0277. The van der Waals surface area contributed by atoms with Gasteiger partial charge in [-0.2, -0.15) is 0 Å². The molecule has 1 N–H and O–H groups in total. The number of aliphatic hydroxyl groups is 1. The van der Waals surface area contributed by atoms with E-state index in [1.54, 1.807) is 42.5 Å². The van der Waals surface area contributed by atoms with Crippen molar-refractivity contribution in [2.75, 3.05) is 4.90 Å². The first kappa shape index (κ1) is 25.3. The highest BCUT2D eigenvalue weighted by molar-refractivity contribution is 8.00. The van der Waals surface area contributed by atoms with Crippen molar-refractivity contribution in [1.29, 1.82) is 0 Å². The van der Waals surface area contributed by atoms with E-state index in [1.807, 2.05) is 12.1 Å². The van der Waals surface area contributed by atoms with E-state index in [1.165, 1.54) is 36.0 Å². The number of aliphatic hydroxyl groups excluding tert-OH is 1. The molecule has 1 unspecified atom stereocenters. The summed E-state index contributed by atoms with van der Waals surface area (Å²) < 4.78 is 21.4. The summed E-state index contributed by atoms with van der Waals surface area (Å²) in [7, 11) is 0. The van der Waals surface area contributed by atoms with Crippen molar-refractivity contribution in [3.8, 4) is 0 Å². The third kappa shape index (κ3) is 4.71. The largest absolute Gasteiger partial charge is 0.503 e. The average Bonchev–Trinajstić information content (AvgIpc) is 3.65. The van der Waals surface area contributed by atoms with E-state index in [0.717, 1.165) is 21.8 Å². The molecule has 0 fully saturated rings. The molecule has 194 valence electrons. The number of ketones is 1. The number of aromatic nitrogens is 2. The molecule has 1 amide bonds. The van der Waals surface area contributed by atoms with Gasteiger partial charge < -0.3 is 9.52 Å². The quantitative estimate of drug-likeness (QED) is 0.125. The zero-order valence-electron chi connectivity index (χ0n) is 19.9. The van der Waals surface area contributed by atoms with Gasteiger partial charge in [-0.15, -0.1) is 10.2 Å². The van der Waals surface area contributed by atoms with Crippen LogP contribution in [0, 0.1) is 5.82 Å². The van der Waals surface area contributed by atoms with E-state index in [2.05, 4.69) is 10.2 Å². The molecule has 1 aliphatic rings. The second-order valence-electron chi connectivity index (χ2n) is 8.60. The second-order valence-corrected chi connectivity index (χ2v) is 11.2. The van der Waals surface area contributed by atoms with Crippen molar-refractivity contribution in [1.82, 2.24) is 10.2 Å². The molecule has 3 aromatic carbocycles. The van der Waals surface area contributed by atoms with Gasteiger partial charge in [0, 0.05) is 21.7 Å². The summed E-state index contributed by atoms with van der Waals surface area (Å²) in [4.78, 5) is 28.2. The normalized spacial score (nSPS) is 15.5. The van der Waals surface area contributed by atoms with Crippen molar-refractivity contribution >= 4 is 62.5 Å². The van der Waals surface area contributed by atoms with Crippen LogP contribution in [0.5, 0.6) is 0 Å². The summed E-state index contributed by atoms with van der Waals surface area (Å²) >= 11 is 8.45. The van der Waals surface area contributed by atoms with Gasteiger partial charge in [0.05, 0.1) is 5.57 Å². The van der Waals surface area contributed by atoms with Crippen molar-refractivity contribution in [2.45, 2.75) is 16.1 Å². The maximum absolute atomic E-state index is 15.1. The highest BCUT2D eigenvalue weighted by Crippen LogP contribution is 2.44. The monoisotopic (exact) mass is 577 g/mol. The first-order valence-corrected chi connectivity index (χ1v) is 13.8. The molecule has 0 bridgehead atoms. The molecule has 0 radical (unpaired) electrons. The summed E-state index contributed by atoms with van der Waals surface area (Å²) in [5, 5.41) is 20.7. The molecule has 7 nitrogen and oxygen atoms in total. The van der Waals surface area contributed by atoms with Gasteiger partial charge in [-0.3, -0.25) is 14.5 Å². The third-order valence-corrected chi connectivity index (χ3v) is 8.56. The second kappa shape index (κ2) is 10.3. The molecule has 2 aromatic heterocycles. The van der Waals surface area contributed by atoms with Crippen LogP contribution in [0.25, 0.3) is 11.0 Å². The molecule has 39 heavy (non-hydrogen) atoms. The van der Waals surface area contributed by atoms with Gasteiger partial charge in [-0.05, 0) is 35.9 Å². The van der Waals surface area contributed by atoms with Gasteiger partial charge in [0.2, 0.25) is 10.9 Å². The van der Waals surface area contributed by atoms with E-state index >= 15 is 4.39 Å². The van der Waals surface area contributed by atoms with Gasteiger partial charge >= 0.3 is 0 Å². The molecule has 0 spiro atoms. The molecule has 0 saturated heterocycles. The number of para-hydroxylation sites is 1. The van der Waals surface area contributed by atoms with Crippen LogP contribution < -0.4 is 4.90 Å². The Hall–Kier alpha value is -3.99. The summed E-state index contributed by atoms with van der Waals surface area (Å²) in [5.41, 5.74) is 1.21. The zero-order chi connectivity index (χ0) is 27.1. The Balaban J connectivity index is 1.36. The number of amides is 1. The first-order valence-electron chi connectivity index (χ1n) is 11.7. The number of benzene rings is 3. The fourth-order valence-electron chi connectivity index (χ4n) is 4.34. The lowest BCUT2D eigenvalue weighted by molar-refractivity contribution is -0.117. The van der Waals surface area contributed by atoms with Crippen LogP contribution >= 0.6 is 34.7 Å². The van der Waals surface area contributed by atoms with Crippen molar-refractivity contribution in [3.05, 3.63) is 118 Å². The number of Topliss-reactive ketones (excluding diaryl/α,β-unsaturated/α-hetero) is 1. The predicted molar refractivity (Wildman–Crippen MR) is 148 cm³/mol. The number of hydrogen-bond acceptors (Lipinski definition) is 8. The maximum Gasteiger partial charge on any atom is 0.296 e. The van der Waals surface area contributed by atoms with Gasteiger partial charge in [-0.25, -0.2) is 4.39 Å². The number of nitrogens with zero attached hydrogens (tertiary/aromatic N) is 3. The molecule has 1 aliphatic heterocycles. The van der Waals surface area contributed by atoms with Crippen LogP contribution in [0.3, 0.4) is 0 Å². The summed E-state index contributed by atoms with van der Waals surface area (Å²) in [6.45, 7) is 0. The van der Waals surface area contributed by atoms with E-state index in [-0.39, 0.29) is 22.0 Å². The fraction of sp³-hybridized carbons (Fsp3) is 0.0714. The van der Waals surface area contributed by atoms with Gasteiger partial charge in [0.15, 0.2) is 15.9 Å². The van der Waals surface area contributed by atoms with Crippen LogP contribution in [0.4, 0.5) is 9.52 Å². The first-order chi connectivity index (χ1) is 18.9. The highest BCUT2D eigenvalue weighted by Gasteiger charge is 2.47. The molecule has 11 heteroatoms. The SMILES string of the molecule is O=C(C1=C(O)C(=O)N(c2nnc(SCc3ccc(Cl)cc3)s2)C1c1ccccc1F)c1cc2ccccc2o1. The van der Waals surface area contributed by atoms with Crippen LogP contribution in [0.15, 0.2) is 99.0 Å². The number of furan rings is 1. The third-order valence-electron chi connectivity index (χ3n) is 6.18. The zero-order valence-corrected chi connectivity index (χ0v) is 22.3. The number of rotatable bonds is 7. The van der Waals surface area contributed by atoms with Gasteiger partial charge in [0.25, 0.3) is 5.91 Å². The average molecular weight is 578 g/mol. The summed E-state index contributed by atoms with van der Waals surface area (Å²) in [6.07, 6.45) is 0. The van der Waals surface area contributed by atoms with Crippen molar-refractivity contribution < 1.29 is 23.5 Å². The lowest BCUT2D eigenvalue weighted by Gasteiger charge is -2.24. The van der Waals surface area contributed by atoms with E-state index in [9.17, 15) is 14.7 Å². The van der Waals surface area contributed by atoms with Crippen LogP contribution in [0.1, 0.15) is 27.7 Å². The van der Waals surface area contributed by atoms with E-state index < -0.39 is 29.3 Å². The lowest BCUT2D eigenvalue weighted by Crippen LogP contribution is -2.31. The Labute approximate surface area is 234 Å². The predicted octanol–water partition coefficient (Wildman–Crippen LogP) is 7.15. The Morgan fingerprint density at radius 1 is 1.08 bits per heavy atom.